The number of benzene rings is 1. The fraction of sp³-hybridized carbons (Fsp3) is 0.375. The molecule has 0 saturated heterocycles. The van der Waals surface area contributed by atoms with E-state index in [2.05, 4.69) is 20.7 Å². The van der Waals surface area contributed by atoms with Crippen LogP contribution in [0.5, 0.6) is 0 Å². The topological polar surface area (TPSA) is 54.2 Å². The third-order valence-corrected chi connectivity index (χ3v) is 3.40. The predicted molar refractivity (Wildman–Crippen MR) is 86.1 cm³/mol. The van der Waals surface area contributed by atoms with Gasteiger partial charge in [0.2, 0.25) is 0 Å². The van der Waals surface area contributed by atoms with Crippen LogP contribution in [0, 0.1) is 19.7 Å². The van der Waals surface area contributed by atoms with E-state index >= 15 is 0 Å². The van der Waals surface area contributed by atoms with Crippen molar-refractivity contribution in [3.05, 3.63) is 52.6 Å². The van der Waals surface area contributed by atoms with Crippen LogP contribution in [0.2, 0.25) is 0 Å². The molecule has 2 aromatic rings. The Balaban J connectivity index is 1.91. The van der Waals surface area contributed by atoms with Gasteiger partial charge in [-0.2, -0.15) is 5.10 Å². The van der Waals surface area contributed by atoms with Crippen molar-refractivity contribution >= 4 is 5.96 Å². The Labute approximate surface area is 130 Å². The van der Waals surface area contributed by atoms with Crippen molar-refractivity contribution in [2.24, 2.45) is 12.0 Å². The second-order valence-corrected chi connectivity index (χ2v) is 5.35. The summed E-state index contributed by atoms with van der Waals surface area (Å²) in [6.45, 7) is 4.80. The van der Waals surface area contributed by atoms with Crippen molar-refractivity contribution in [1.82, 2.24) is 20.4 Å². The molecular formula is C16H22FN5. The number of aliphatic imine (C=N–C) groups is 1. The zero-order valence-corrected chi connectivity index (χ0v) is 13.4. The maximum atomic E-state index is 13.6. The molecule has 0 atom stereocenters. The highest BCUT2D eigenvalue weighted by Gasteiger charge is 2.05. The van der Waals surface area contributed by atoms with Gasteiger partial charge in [-0.1, -0.05) is 12.1 Å². The standard InChI is InChI=1S/C16H22FN5/c1-11-5-13(6-12(2)15(11)17)7-19-16(18-3)20-8-14-9-21-22(4)10-14/h5-6,9-10H,7-8H2,1-4H3,(H2,18,19,20). The third-order valence-electron chi connectivity index (χ3n) is 3.40. The molecular weight excluding hydrogens is 281 g/mol. The summed E-state index contributed by atoms with van der Waals surface area (Å²) in [6.07, 6.45) is 3.76. The zero-order chi connectivity index (χ0) is 16.1. The first-order valence-electron chi connectivity index (χ1n) is 7.17. The van der Waals surface area contributed by atoms with Gasteiger partial charge in [-0.3, -0.25) is 9.67 Å². The zero-order valence-electron chi connectivity index (χ0n) is 13.4. The Kier molecular flexibility index (Phi) is 5.14. The summed E-state index contributed by atoms with van der Waals surface area (Å²) in [5.74, 6) is 0.561. The molecule has 0 spiro atoms. The van der Waals surface area contributed by atoms with Crippen molar-refractivity contribution in [1.29, 1.82) is 0 Å². The molecule has 0 aliphatic rings. The van der Waals surface area contributed by atoms with Crippen LogP contribution in [-0.4, -0.2) is 22.8 Å². The SMILES string of the molecule is CN=C(NCc1cc(C)c(F)c(C)c1)NCc1cnn(C)c1. The summed E-state index contributed by atoms with van der Waals surface area (Å²) >= 11 is 0. The molecule has 0 saturated carbocycles. The van der Waals surface area contributed by atoms with E-state index < -0.39 is 0 Å². The van der Waals surface area contributed by atoms with Crippen molar-refractivity contribution in [2.45, 2.75) is 26.9 Å². The van der Waals surface area contributed by atoms with E-state index in [9.17, 15) is 4.39 Å². The maximum Gasteiger partial charge on any atom is 0.191 e. The number of nitrogens with one attached hydrogen (secondary N) is 2. The fourth-order valence-corrected chi connectivity index (χ4v) is 2.29. The minimum absolute atomic E-state index is 0.136. The van der Waals surface area contributed by atoms with Gasteiger partial charge in [0.1, 0.15) is 5.82 Å². The van der Waals surface area contributed by atoms with E-state index in [-0.39, 0.29) is 5.82 Å². The predicted octanol–water partition coefficient (Wildman–Crippen LogP) is 2.04. The van der Waals surface area contributed by atoms with Crippen LogP contribution in [0.4, 0.5) is 4.39 Å². The molecule has 6 heteroatoms. The van der Waals surface area contributed by atoms with E-state index in [0.717, 1.165) is 11.1 Å². The van der Waals surface area contributed by atoms with Crippen molar-refractivity contribution < 1.29 is 4.39 Å². The molecule has 0 bridgehead atoms. The molecule has 5 nitrogen and oxygen atoms in total. The number of aromatic nitrogens is 2. The molecule has 1 aromatic heterocycles. The minimum atomic E-state index is -0.136. The highest BCUT2D eigenvalue weighted by molar-refractivity contribution is 5.79. The van der Waals surface area contributed by atoms with Gasteiger partial charge in [0.15, 0.2) is 5.96 Å². The van der Waals surface area contributed by atoms with Crippen LogP contribution >= 0.6 is 0 Å². The van der Waals surface area contributed by atoms with Crippen molar-refractivity contribution in [3.63, 3.8) is 0 Å². The second-order valence-electron chi connectivity index (χ2n) is 5.35. The van der Waals surface area contributed by atoms with Crippen LogP contribution in [0.15, 0.2) is 29.5 Å². The maximum absolute atomic E-state index is 13.6. The van der Waals surface area contributed by atoms with E-state index in [1.54, 1.807) is 25.6 Å². The molecule has 0 aliphatic carbocycles. The molecule has 0 radical (unpaired) electrons. The first-order valence-corrected chi connectivity index (χ1v) is 7.17. The Morgan fingerprint density at radius 1 is 1.18 bits per heavy atom. The molecule has 118 valence electrons. The van der Waals surface area contributed by atoms with Gasteiger partial charge in [-0.05, 0) is 30.5 Å². The lowest BCUT2D eigenvalue weighted by Crippen LogP contribution is -2.36. The lowest BCUT2D eigenvalue weighted by molar-refractivity contribution is 0.607. The van der Waals surface area contributed by atoms with Gasteiger partial charge in [0.25, 0.3) is 0 Å². The lowest BCUT2D eigenvalue weighted by atomic mass is 10.1. The van der Waals surface area contributed by atoms with Crippen molar-refractivity contribution in [3.8, 4) is 0 Å². The molecule has 0 fully saturated rings. The monoisotopic (exact) mass is 303 g/mol. The smallest absolute Gasteiger partial charge is 0.191 e. The van der Waals surface area contributed by atoms with E-state index in [0.29, 0.717) is 30.2 Å². The third kappa shape index (κ3) is 4.07. The minimum Gasteiger partial charge on any atom is -0.352 e. The number of halogens is 1. The van der Waals surface area contributed by atoms with E-state index in [4.69, 9.17) is 0 Å². The highest BCUT2D eigenvalue weighted by atomic mass is 19.1. The summed E-state index contributed by atoms with van der Waals surface area (Å²) < 4.78 is 15.4. The number of guanidine groups is 1. The average Bonchev–Trinajstić information content (AvgIpc) is 2.90. The van der Waals surface area contributed by atoms with Crippen LogP contribution in [-0.2, 0) is 20.1 Å². The number of nitrogens with zero attached hydrogens (tertiary/aromatic N) is 3. The number of hydrogen-bond donors (Lipinski definition) is 2. The molecule has 0 amide bonds. The number of rotatable bonds is 4. The average molecular weight is 303 g/mol. The molecule has 2 N–H and O–H groups in total. The summed E-state index contributed by atoms with van der Waals surface area (Å²) in [6, 6.07) is 3.70. The van der Waals surface area contributed by atoms with Crippen molar-refractivity contribution in [2.75, 3.05) is 7.05 Å². The lowest BCUT2D eigenvalue weighted by Gasteiger charge is -2.12. The molecule has 0 unspecified atom stereocenters. The van der Waals surface area contributed by atoms with E-state index in [1.165, 1.54) is 0 Å². The number of aryl methyl sites for hydroxylation is 3. The molecule has 2 rings (SSSR count). The van der Waals surface area contributed by atoms with E-state index in [1.807, 2.05) is 31.6 Å². The quantitative estimate of drug-likeness (QED) is 0.671. The van der Waals surface area contributed by atoms with Gasteiger partial charge < -0.3 is 10.6 Å². The normalized spacial score (nSPS) is 11.6. The Morgan fingerprint density at radius 3 is 2.27 bits per heavy atom. The Morgan fingerprint density at radius 2 is 1.77 bits per heavy atom. The second kappa shape index (κ2) is 7.06. The van der Waals surface area contributed by atoms with Crippen LogP contribution < -0.4 is 10.6 Å². The van der Waals surface area contributed by atoms with Gasteiger partial charge >= 0.3 is 0 Å². The van der Waals surface area contributed by atoms with Gasteiger partial charge in [0, 0.05) is 38.9 Å². The van der Waals surface area contributed by atoms with Crippen LogP contribution in [0.3, 0.4) is 0 Å². The molecule has 1 aromatic carbocycles. The summed E-state index contributed by atoms with van der Waals surface area (Å²) in [5, 5.41) is 10.6. The van der Waals surface area contributed by atoms with Gasteiger partial charge in [0.05, 0.1) is 6.20 Å². The summed E-state index contributed by atoms with van der Waals surface area (Å²) in [5.41, 5.74) is 3.44. The highest BCUT2D eigenvalue weighted by Crippen LogP contribution is 2.14. The molecule has 1 heterocycles. The first kappa shape index (κ1) is 16.0. The number of hydrogen-bond acceptors (Lipinski definition) is 2. The largest absolute Gasteiger partial charge is 0.352 e. The molecule has 0 aliphatic heterocycles. The Bertz CT molecular complexity index is 652. The fourth-order valence-electron chi connectivity index (χ4n) is 2.29. The summed E-state index contributed by atoms with van der Waals surface area (Å²) in [4.78, 5) is 4.18. The van der Waals surface area contributed by atoms with Gasteiger partial charge in [-0.15, -0.1) is 0 Å². The van der Waals surface area contributed by atoms with Gasteiger partial charge in [-0.25, -0.2) is 4.39 Å². The Hall–Kier alpha value is -2.37. The summed E-state index contributed by atoms with van der Waals surface area (Å²) in [7, 11) is 3.61. The molecule has 22 heavy (non-hydrogen) atoms. The first-order chi connectivity index (χ1) is 10.5. The van der Waals surface area contributed by atoms with Crippen LogP contribution in [0.1, 0.15) is 22.3 Å². The van der Waals surface area contributed by atoms with Crippen LogP contribution in [0.25, 0.3) is 0 Å².